The van der Waals surface area contributed by atoms with Gasteiger partial charge in [0.2, 0.25) is 0 Å². The minimum absolute atomic E-state index is 0.0395. The second kappa shape index (κ2) is 10.8. The zero-order chi connectivity index (χ0) is 20.5. The van der Waals surface area contributed by atoms with Crippen molar-refractivity contribution in [1.29, 1.82) is 0 Å². The summed E-state index contributed by atoms with van der Waals surface area (Å²) in [5, 5.41) is 11.1. The number of hydrogen-bond acceptors (Lipinski definition) is 7. The van der Waals surface area contributed by atoms with Gasteiger partial charge in [0.05, 0.1) is 22.0 Å². The quantitative estimate of drug-likeness (QED) is 0.267. The zero-order valence-corrected chi connectivity index (χ0v) is 16.8. The smallest absolute Gasteiger partial charge is 0.338 e. The van der Waals surface area contributed by atoms with Gasteiger partial charge in [-0.1, -0.05) is 6.08 Å². The number of nitro benzene ring substituents is 1. The van der Waals surface area contributed by atoms with E-state index in [-0.39, 0.29) is 17.2 Å². The molecule has 0 fully saturated rings. The van der Waals surface area contributed by atoms with Gasteiger partial charge in [0.1, 0.15) is 0 Å². The van der Waals surface area contributed by atoms with E-state index in [0.29, 0.717) is 18.0 Å². The van der Waals surface area contributed by atoms with Gasteiger partial charge in [-0.25, -0.2) is 4.79 Å². The molecule has 0 bridgehead atoms. The molecular weight excluding hydrogens is 384 g/mol. The highest BCUT2D eigenvalue weighted by Crippen LogP contribution is 2.28. The van der Waals surface area contributed by atoms with Gasteiger partial charge in [0, 0.05) is 25.4 Å². The summed E-state index contributed by atoms with van der Waals surface area (Å²) in [5.74, 6) is -1.11. The number of benzene rings is 1. The molecule has 1 aliphatic rings. The minimum Gasteiger partial charge on any atom is -0.452 e. The molecule has 28 heavy (non-hydrogen) atoms. The Morgan fingerprint density at radius 3 is 2.71 bits per heavy atom. The van der Waals surface area contributed by atoms with Crippen LogP contribution in [0.15, 0.2) is 34.9 Å². The Morgan fingerprint density at radius 1 is 1.32 bits per heavy atom. The second-order valence-electron chi connectivity index (χ2n) is 6.20. The first-order chi connectivity index (χ1) is 13.5. The normalized spacial score (nSPS) is 13.6. The Hall–Kier alpha value is -2.39. The molecule has 0 heterocycles. The Labute approximate surface area is 168 Å². The first-order valence-corrected chi connectivity index (χ1v) is 10.2. The zero-order valence-electron chi connectivity index (χ0n) is 16.0. The lowest BCUT2D eigenvalue weighted by atomic mass is 10.0. The maximum absolute atomic E-state index is 12.6. The fraction of sp³-hybridized carbons (Fsp3) is 0.474. The molecule has 1 aliphatic carbocycles. The van der Waals surface area contributed by atoms with E-state index in [1.807, 2.05) is 6.08 Å². The molecule has 2 rings (SSSR count). The summed E-state index contributed by atoms with van der Waals surface area (Å²) in [7, 11) is 1.56. The van der Waals surface area contributed by atoms with Gasteiger partial charge in [0.25, 0.3) is 11.6 Å². The molecule has 1 aromatic carbocycles. The number of nitro groups is 1. The van der Waals surface area contributed by atoms with Gasteiger partial charge in [0.15, 0.2) is 6.61 Å². The van der Waals surface area contributed by atoms with Crippen molar-refractivity contribution in [2.45, 2.75) is 30.6 Å². The predicted octanol–water partition coefficient (Wildman–Crippen LogP) is 3.41. The first-order valence-electron chi connectivity index (χ1n) is 8.95. The van der Waals surface area contributed by atoms with Crippen LogP contribution in [0.2, 0.25) is 0 Å². The summed E-state index contributed by atoms with van der Waals surface area (Å²) in [6.07, 6.45) is 7.56. The fourth-order valence-corrected chi connectivity index (χ4v) is 3.47. The van der Waals surface area contributed by atoms with Crippen LogP contribution in [0.4, 0.5) is 5.69 Å². The van der Waals surface area contributed by atoms with E-state index in [0.717, 1.165) is 31.4 Å². The molecule has 0 atom stereocenters. The van der Waals surface area contributed by atoms with Crippen molar-refractivity contribution in [3.8, 4) is 0 Å². The maximum Gasteiger partial charge on any atom is 0.338 e. The molecule has 9 heteroatoms. The molecular formula is C19H24N2O6S. The van der Waals surface area contributed by atoms with Crippen LogP contribution in [-0.4, -0.2) is 54.8 Å². The Kier molecular flexibility index (Phi) is 8.46. The van der Waals surface area contributed by atoms with Crippen molar-refractivity contribution in [3.05, 3.63) is 45.6 Å². The molecule has 0 spiro atoms. The fourth-order valence-electron chi connectivity index (χ4n) is 2.93. The lowest BCUT2D eigenvalue weighted by molar-refractivity contribution is -0.387. The maximum atomic E-state index is 12.6. The monoisotopic (exact) mass is 408 g/mol. The number of ether oxygens (including phenoxy) is 2. The molecule has 0 unspecified atom stereocenters. The van der Waals surface area contributed by atoms with Crippen LogP contribution >= 0.6 is 11.8 Å². The highest BCUT2D eigenvalue weighted by Gasteiger charge is 2.22. The Morgan fingerprint density at radius 2 is 2.11 bits per heavy atom. The van der Waals surface area contributed by atoms with Crippen LogP contribution in [0.1, 0.15) is 36.0 Å². The summed E-state index contributed by atoms with van der Waals surface area (Å²) in [6.45, 7) is 0.323. The number of amides is 1. The summed E-state index contributed by atoms with van der Waals surface area (Å²) >= 11 is 1.22. The number of hydrogen-bond donors (Lipinski definition) is 0. The van der Waals surface area contributed by atoms with Gasteiger partial charge in [-0.2, -0.15) is 0 Å². The average Bonchev–Trinajstić information content (AvgIpc) is 2.72. The van der Waals surface area contributed by atoms with E-state index in [1.54, 1.807) is 18.3 Å². The van der Waals surface area contributed by atoms with Gasteiger partial charge in [-0.15, -0.1) is 11.8 Å². The Balaban J connectivity index is 2.05. The lowest BCUT2D eigenvalue weighted by Crippen LogP contribution is -2.37. The molecule has 1 aromatic rings. The third kappa shape index (κ3) is 5.80. The van der Waals surface area contributed by atoms with Crippen molar-refractivity contribution in [2.24, 2.45) is 0 Å². The van der Waals surface area contributed by atoms with Crippen molar-refractivity contribution in [1.82, 2.24) is 4.90 Å². The van der Waals surface area contributed by atoms with E-state index >= 15 is 0 Å². The Bertz CT molecular complexity index is 765. The third-order valence-electron chi connectivity index (χ3n) is 4.37. The summed E-state index contributed by atoms with van der Waals surface area (Å²) < 4.78 is 10.2. The van der Waals surface area contributed by atoms with Crippen LogP contribution in [0, 0.1) is 10.1 Å². The van der Waals surface area contributed by atoms with Gasteiger partial charge < -0.3 is 14.4 Å². The van der Waals surface area contributed by atoms with E-state index in [1.165, 1.54) is 30.0 Å². The minimum atomic E-state index is -0.770. The molecule has 0 saturated carbocycles. The molecule has 0 N–H and O–H groups in total. The number of nitrogens with zero attached hydrogens (tertiary/aromatic N) is 2. The van der Waals surface area contributed by atoms with E-state index in [9.17, 15) is 19.7 Å². The molecule has 0 radical (unpaired) electrons. The van der Waals surface area contributed by atoms with Crippen LogP contribution in [0.3, 0.4) is 0 Å². The SMILES string of the molecule is COCCN(C(=O)COC(=O)c1ccc(SC)c([N+](=O)[O-])c1)C1=CCCCC1. The van der Waals surface area contributed by atoms with Crippen molar-refractivity contribution in [3.63, 3.8) is 0 Å². The number of rotatable bonds is 9. The second-order valence-corrected chi connectivity index (χ2v) is 7.05. The van der Waals surface area contributed by atoms with Crippen LogP contribution in [0.25, 0.3) is 0 Å². The summed E-state index contributed by atoms with van der Waals surface area (Å²) in [6, 6.07) is 4.13. The largest absolute Gasteiger partial charge is 0.452 e. The van der Waals surface area contributed by atoms with E-state index in [2.05, 4.69) is 0 Å². The summed E-state index contributed by atoms with van der Waals surface area (Å²) in [4.78, 5) is 37.5. The van der Waals surface area contributed by atoms with Crippen LogP contribution in [0.5, 0.6) is 0 Å². The van der Waals surface area contributed by atoms with Crippen molar-refractivity contribution in [2.75, 3.05) is 33.1 Å². The molecule has 1 amide bonds. The molecule has 0 aliphatic heterocycles. The average molecular weight is 408 g/mol. The molecule has 152 valence electrons. The van der Waals surface area contributed by atoms with Crippen LogP contribution in [-0.2, 0) is 14.3 Å². The van der Waals surface area contributed by atoms with E-state index in [4.69, 9.17) is 9.47 Å². The highest BCUT2D eigenvalue weighted by molar-refractivity contribution is 7.98. The van der Waals surface area contributed by atoms with Gasteiger partial charge in [-0.05, 0) is 44.1 Å². The van der Waals surface area contributed by atoms with Gasteiger partial charge >= 0.3 is 5.97 Å². The highest BCUT2D eigenvalue weighted by atomic mass is 32.2. The number of esters is 1. The third-order valence-corrected chi connectivity index (χ3v) is 5.16. The van der Waals surface area contributed by atoms with Crippen molar-refractivity contribution < 1.29 is 24.0 Å². The molecule has 0 aromatic heterocycles. The number of carbonyl (C=O) groups is 2. The number of allylic oxidation sites excluding steroid dienone is 2. The van der Waals surface area contributed by atoms with Crippen LogP contribution < -0.4 is 0 Å². The number of thioether (sulfide) groups is 1. The number of carbonyl (C=O) groups excluding carboxylic acids is 2. The molecule has 0 saturated heterocycles. The van der Waals surface area contributed by atoms with Crippen molar-refractivity contribution >= 4 is 29.3 Å². The lowest BCUT2D eigenvalue weighted by Gasteiger charge is -2.27. The number of methoxy groups -OCH3 is 1. The topological polar surface area (TPSA) is 99.0 Å². The predicted molar refractivity (Wildman–Crippen MR) is 105 cm³/mol. The standard InChI is InChI=1S/C19H24N2O6S/c1-26-11-10-20(15-6-4-3-5-7-15)18(22)13-27-19(23)14-8-9-17(28-2)16(12-14)21(24)25/h6,8-9,12H,3-5,7,10-11,13H2,1-2H3. The first kappa shape index (κ1) is 21.9. The van der Waals surface area contributed by atoms with Gasteiger partial charge in [-0.3, -0.25) is 14.9 Å². The summed E-state index contributed by atoms with van der Waals surface area (Å²) in [5.41, 5.74) is 0.796. The van der Waals surface area contributed by atoms with E-state index < -0.39 is 17.5 Å². The molecule has 8 nitrogen and oxygen atoms in total.